The lowest BCUT2D eigenvalue weighted by molar-refractivity contribution is -0.960. The van der Waals surface area contributed by atoms with Gasteiger partial charge in [0.15, 0.2) is 0 Å². The van der Waals surface area contributed by atoms with Crippen LogP contribution in [0.25, 0.3) is 0 Å². The molecule has 2 heterocycles. The Labute approximate surface area is 181 Å². The number of amides is 2. The van der Waals surface area contributed by atoms with Gasteiger partial charge in [0.2, 0.25) is 0 Å². The van der Waals surface area contributed by atoms with Gasteiger partial charge in [0.05, 0.1) is 24.6 Å². The van der Waals surface area contributed by atoms with Crippen molar-refractivity contribution in [1.29, 1.82) is 0 Å². The van der Waals surface area contributed by atoms with Gasteiger partial charge in [-0.15, -0.1) is 11.3 Å². The van der Waals surface area contributed by atoms with Crippen molar-refractivity contribution in [3.63, 3.8) is 0 Å². The minimum atomic E-state index is -0.130. The third-order valence-corrected chi connectivity index (χ3v) is 7.26. The molecule has 2 amide bonds. The van der Waals surface area contributed by atoms with Crippen molar-refractivity contribution in [3.05, 3.63) is 52.2 Å². The summed E-state index contributed by atoms with van der Waals surface area (Å²) in [6, 6.07) is 10.8. The van der Waals surface area contributed by atoms with Gasteiger partial charge in [0, 0.05) is 24.1 Å². The first-order chi connectivity index (χ1) is 14.7. The number of thiophene rings is 1. The number of rotatable bonds is 6. The van der Waals surface area contributed by atoms with E-state index in [1.54, 1.807) is 35.2 Å². The summed E-state index contributed by atoms with van der Waals surface area (Å²) >= 11 is 1.40. The summed E-state index contributed by atoms with van der Waals surface area (Å²) in [5.41, 5.74) is 1.44. The Bertz CT molecular complexity index is 839. The molecule has 0 unspecified atom stereocenters. The van der Waals surface area contributed by atoms with Crippen molar-refractivity contribution < 1.29 is 19.2 Å². The van der Waals surface area contributed by atoms with Crippen LogP contribution in [0.15, 0.2) is 41.8 Å². The average molecular weight is 429 g/mol. The van der Waals surface area contributed by atoms with E-state index in [4.69, 9.17) is 4.74 Å². The number of ether oxygens (including phenoxy) is 1. The first-order valence-corrected chi connectivity index (χ1v) is 11.7. The maximum absolute atomic E-state index is 12.8. The quantitative estimate of drug-likeness (QED) is 0.661. The second kappa shape index (κ2) is 9.73. The molecule has 0 bridgehead atoms. The lowest BCUT2D eigenvalue weighted by Gasteiger charge is -2.45. The van der Waals surface area contributed by atoms with Crippen LogP contribution in [0.1, 0.15) is 52.1 Å². The predicted octanol–water partition coefficient (Wildman–Crippen LogP) is 2.35. The lowest BCUT2D eigenvalue weighted by Crippen LogP contribution is -3.23. The highest BCUT2D eigenvalue weighted by Gasteiger charge is 2.42. The molecule has 1 saturated heterocycles. The summed E-state index contributed by atoms with van der Waals surface area (Å²) in [7, 11) is 0. The predicted molar refractivity (Wildman–Crippen MR) is 118 cm³/mol. The van der Waals surface area contributed by atoms with E-state index < -0.39 is 0 Å². The van der Waals surface area contributed by atoms with Crippen LogP contribution in [0.2, 0.25) is 0 Å². The smallest absolute Gasteiger partial charge is 0.265 e. The molecule has 2 aliphatic rings. The Balaban J connectivity index is 1.36. The van der Waals surface area contributed by atoms with E-state index in [-0.39, 0.29) is 17.4 Å². The molecule has 1 aromatic carbocycles. The minimum absolute atomic E-state index is 0.0521. The lowest BCUT2D eigenvalue weighted by atomic mass is 9.79. The van der Waals surface area contributed by atoms with Crippen LogP contribution in [-0.2, 0) is 4.74 Å². The molecule has 160 valence electrons. The molecule has 7 heteroatoms. The largest absolute Gasteiger partial charge is 0.370 e. The fraction of sp³-hybridized carbons (Fsp3) is 0.478. The fourth-order valence-corrected chi connectivity index (χ4v) is 5.31. The summed E-state index contributed by atoms with van der Waals surface area (Å²) in [5.74, 6) is -0.182. The fourth-order valence-electron chi connectivity index (χ4n) is 4.69. The molecule has 0 radical (unpaired) electrons. The monoisotopic (exact) mass is 428 g/mol. The van der Waals surface area contributed by atoms with Crippen molar-refractivity contribution in [2.45, 2.75) is 37.6 Å². The number of carbonyl (C=O) groups excluding carboxylic acids is 2. The summed E-state index contributed by atoms with van der Waals surface area (Å²) < 4.78 is 5.56. The maximum atomic E-state index is 12.8. The molecule has 30 heavy (non-hydrogen) atoms. The Kier molecular flexibility index (Phi) is 6.82. The van der Waals surface area contributed by atoms with E-state index in [0.29, 0.717) is 22.7 Å². The standard InChI is InChI=1S/C23H29N3O3S/c27-21(18-6-8-19(9-7-18)25-22(28)20-5-4-16-30-20)24-17-23(10-2-1-3-11-23)26-12-14-29-15-13-26/h4-9,16H,1-3,10-15,17H2,(H,24,27)(H,25,28)/p+1. The summed E-state index contributed by atoms with van der Waals surface area (Å²) in [4.78, 5) is 27.2. The van der Waals surface area contributed by atoms with Crippen molar-refractivity contribution in [3.8, 4) is 0 Å². The van der Waals surface area contributed by atoms with Crippen LogP contribution in [0.3, 0.4) is 0 Å². The van der Waals surface area contributed by atoms with Gasteiger partial charge in [-0.1, -0.05) is 12.5 Å². The zero-order chi connectivity index (χ0) is 20.8. The van der Waals surface area contributed by atoms with Crippen LogP contribution >= 0.6 is 11.3 Å². The number of anilines is 1. The molecule has 4 rings (SSSR count). The zero-order valence-corrected chi connectivity index (χ0v) is 18.1. The third kappa shape index (κ3) is 4.91. The number of benzene rings is 1. The molecule has 1 aliphatic carbocycles. The van der Waals surface area contributed by atoms with Gasteiger partial charge in [-0.3, -0.25) is 9.59 Å². The number of quaternary nitrogens is 1. The molecule has 2 aromatic rings. The molecule has 3 N–H and O–H groups in total. The highest BCUT2D eigenvalue weighted by molar-refractivity contribution is 7.12. The molecular weight excluding hydrogens is 398 g/mol. The number of morpholine rings is 1. The Hall–Kier alpha value is -2.22. The van der Waals surface area contributed by atoms with Gasteiger partial charge in [0.25, 0.3) is 11.8 Å². The van der Waals surface area contributed by atoms with Crippen molar-refractivity contribution in [2.24, 2.45) is 0 Å². The summed E-state index contributed by atoms with van der Waals surface area (Å²) in [5, 5.41) is 7.95. The number of nitrogens with one attached hydrogen (secondary N) is 3. The van der Waals surface area contributed by atoms with Crippen molar-refractivity contribution in [1.82, 2.24) is 5.32 Å². The molecule has 6 nitrogen and oxygen atoms in total. The van der Waals surface area contributed by atoms with E-state index in [2.05, 4.69) is 10.6 Å². The normalized spacial score (nSPS) is 19.2. The van der Waals surface area contributed by atoms with Crippen LogP contribution in [0.5, 0.6) is 0 Å². The van der Waals surface area contributed by atoms with E-state index in [0.717, 1.165) is 39.1 Å². The number of hydrogen-bond donors (Lipinski definition) is 3. The zero-order valence-electron chi connectivity index (χ0n) is 17.2. The minimum Gasteiger partial charge on any atom is -0.370 e. The van der Waals surface area contributed by atoms with Gasteiger partial charge < -0.3 is 20.3 Å². The van der Waals surface area contributed by atoms with Gasteiger partial charge in [-0.25, -0.2) is 0 Å². The average Bonchev–Trinajstić information content (AvgIpc) is 3.34. The summed E-state index contributed by atoms with van der Waals surface area (Å²) in [6.07, 6.45) is 6.09. The maximum Gasteiger partial charge on any atom is 0.265 e. The second-order valence-corrected chi connectivity index (χ2v) is 9.20. The summed E-state index contributed by atoms with van der Waals surface area (Å²) in [6.45, 7) is 4.37. The van der Waals surface area contributed by atoms with E-state index >= 15 is 0 Å². The van der Waals surface area contributed by atoms with Crippen molar-refractivity contribution in [2.75, 3.05) is 38.2 Å². The molecule has 1 aromatic heterocycles. The Morgan fingerprint density at radius 3 is 2.40 bits per heavy atom. The first-order valence-electron chi connectivity index (χ1n) is 10.8. The molecule has 1 aliphatic heterocycles. The molecule has 2 fully saturated rings. The Morgan fingerprint density at radius 2 is 1.73 bits per heavy atom. The molecular formula is C23H30N3O3S+. The topological polar surface area (TPSA) is 71.9 Å². The van der Waals surface area contributed by atoms with E-state index in [1.807, 2.05) is 11.4 Å². The highest BCUT2D eigenvalue weighted by atomic mass is 32.1. The second-order valence-electron chi connectivity index (χ2n) is 8.25. The molecule has 0 atom stereocenters. The van der Waals surface area contributed by atoms with Gasteiger partial charge in [-0.2, -0.15) is 0 Å². The SMILES string of the molecule is O=C(NCC1([NH+]2CCOCC2)CCCCC1)c1ccc(NC(=O)c2cccs2)cc1. The van der Waals surface area contributed by atoms with Crippen LogP contribution in [-0.4, -0.2) is 50.2 Å². The van der Waals surface area contributed by atoms with E-state index in [9.17, 15) is 9.59 Å². The molecule has 0 spiro atoms. The van der Waals surface area contributed by atoms with E-state index in [1.165, 1.54) is 30.6 Å². The van der Waals surface area contributed by atoms with Gasteiger partial charge in [-0.05, 0) is 48.6 Å². The number of carbonyl (C=O) groups is 2. The number of hydrogen-bond acceptors (Lipinski definition) is 4. The Morgan fingerprint density at radius 1 is 1.00 bits per heavy atom. The third-order valence-electron chi connectivity index (χ3n) is 6.39. The van der Waals surface area contributed by atoms with Crippen LogP contribution in [0, 0.1) is 0 Å². The van der Waals surface area contributed by atoms with Gasteiger partial charge >= 0.3 is 0 Å². The van der Waals surface area contributed by atoms with Crippen LogP contribution < -0.4 is 15.5 Å². The van der Waals surface area contributed by atoms with Gasteiger partial charge in [0.1, 0.15) is 18.6 Å². The highest BCUT2D eigenvalue weighted by Crippen LogP contribution is 2.25. The molecule has 1 saturated carbocycles. The first kappa shape index (κ1) is 21.0. The van der Waals surface area contributed by atoms with Crippen LogP contribution in [0.4, 0.5) is 5.69 Å². The van der Waals surface area contributed by atoms with Crippen molar-refractivity contribution >= 4 is 28.8 Å².